The highest BCUT2D eigenvalue weighted by atomic mass is 35.5. The lowest BCUT2D eigenvalue weighted by atomic mass is 10.2. The molecule has 0 spiro atoms. The number of amides is 1. The van der Waals surface area contributed by atoms with E-state index in [1.54, 1.807) is 19.1 Å². The van der Waals surface area contributed by atoms with Gasteiger partial charge in [0.2, 0.25) is 0 Å². The summed E-state index contributed by atoms with van der Waals surface area (Å²) in [6.07, 6.45) is 3.34. The monoisotopic (exact) mass is 377 g/mol. The van der Waals surface area contributed by atoms with Crippen molar-refractivity contribution in [2.75, 3.05) is 11.6 Å². The summed E-state index contributed by atoms with van der Waals surface area (Å²) in [4.78, 5) is 21.4. The third-order valence-corrected chi connectivity index (χ3v) is 4.38. The van der Waals surface area contributed by atoms with E-state index >= 15 is 0 Å². The number of thioether (sulfide) groups is 1. The van der Waals surface area contributed by atoms with Crippen molar-refractivity contribution in [3.8, 4) is 11.6 Å². The molecule has 0 saturated heterocycles. The van der Waals surface area contributed by atoms with Gasteiger partial charge in [-0.1, -0.05) is 11.6 Å². The van der Waals surface area contributed by atoms with E-state index in [2.05, 4.69) is 15.3 Å². The lowest BCUT2D eigenvalue weighted by Gasteiger charge is -2.12. The number of halogens is 2. The first-order valence-electron chi connectivity index (χ1n) is 7.22. The Morgan fingerprint density at radius 3 is 2.76 bits per heavy atom. The highest BCUT2D eigenvalue weighted by Gasteiger charge is 2.20. The summed E-state index contributed by atoms with van der Waals surface area (Å²) in [5.74, 6) is -0.105. The summed E-state index contributed by atoms with van der Waals surface area (Å²) in [5.41, 5.74) is 1.13. The van der Waals surface area contributed by atoms with Gasteiger partial charge < -0.3 is 9.73 Å². The molecule has 1 N–H and O–H groups in total. The second kappa shape index (κ2) is 7.25. The molecule has 25 heavy (non-hydrogen) atoms. The smallest absolute Gasteiger partial charge is 0.260 e. The molecular weight excluding hydrogens is 365 g/mol. The first-order chi connectivity index (χ1) is 12.0. The van der Waals surface area contributed by atoms with Gasteiger partial charge in [0.05, 0.1) is 22.5 Å². The van der Waals surface area contributed by atoms with Crippen molar-refractivity contribution in [2.24, 2.45) is 0 Å². The molecule has 0 aliphatic heterocycles. The molecule has 1 amide bonds. The highest BCUT2D eigenvalue weighted by molar-refractivity contribution is 7.98. The van der Waals surface area contributed by atoms with Crippen molar-refractivity contribution < 1.29 is 13.6 Å². The normalized spacial score (nSPS) is 10.7. The number of rotatable bonds is 4. The first-order valence-corrected chi connectivity index (χ1v) is 8.82. The van der Waals surface area contributed by atoms with Gasteiger partial charge in [-0.15, -0.1) is 11.8 Å². The van der Waals surface area contributed by atoms with E-state index in [9.17, 15) is 9.18 Å². The van der Waals surface area contributed by atoms with E-state index in [-0.39, 0.29) is 5.02 Å². The standard InChI is InChI=1S/C17H13ClFN3O2S/c1-9-14(16(23)21-10-5-6-11(18)12(19)8-10)17(25-2)22-15(20-9)13-4-3-7-24-13/h3-8H,1-2H3,(H,21,23). The number of nitrogens with one attached hydrogen (secondary N) is 1. The van der Waals surface area contributed by atoms with Crippen LogP contribution in [0.2, 0.25) is 5.02 Å². The molecule has 0 fully saturated rings. The van der Waals surface area contributed by atoms with Gasteiger partial charge >= 0.3 is 0 Å². The number of benzene rings is 1. The molecule has 128 valence electrons. The molecule has 0 aliphatic carbocycles. The van der Waals surface area contributed by atoms with Crippen molar-refractivity contribution in [1.82, 2.24) is 9.97 Å². The van der Waals surface area contributed by atoms with Crippen LogP contribution in [0, 0.1) is 12.7 Å². The molecule has 0 bridgehead atoms. The Balaban J connectivity index is 1.95. The van der Waals surface area contributed by atoms with Gasteiger partial charge in [-0.2, -0.15) is 0 Å². The first kappa shape index (κ1) is 17.4. The van der Waals surface area contributed by atoms with Crippen LogP contribution in [0.5, 0.6) is 0 Å². The number of anilines is 1. The number of carbonyl (C=O) groups is 1. The topological polar surface area (TPSA) is 68.0 Å². The quantitative estimate of drug-likeness (QED) is 0.522. The van der Waals surface area contributed by atoms with E-state index < -0.39 is 11.7 Å². The van der Waals surface area contributed by atoms with E-state index in [1.165, 1.54) is 30.2 Å². The van der Waals surface area contributed by atoms with Crippen LogP contribution in [0.3, 0.4) is 0 Å². The van der Waals surface area contributed by atoms with E-state index in [0.29, 0.717) is 33.6 Å². The molecule has 0 atom stereocenters. The van der Waals surface area contributed by atoms with Crippen molar-refractivity contribution in [3.63, 3.8) is 0 Å². The molecule has 0 aliphatic rings. The van der Waals surface area contributed by atoms with E-state index in [1.807, 2.05) is 6.26 Å². The number of hydrogen-bond donors (Lipinski definition) is 1. The summed E-state index contributed by atoms with van der Waals surface area (Å²) >= 11 is 6.97. The molecule has 0 radical (unpaired) electrons. The Morgan fingerprint density at radius 2 is 2.12 bits per heavy atom. The SMILES string of the molecule is CSc1nc(-c2ccco2)nc(C)c1C(=O)Nc1ccc(Cl)c(F)c1. The lowest BCUT2D eigenvalue weighted by Crippen LogP contribution is -2.17. The average molecular weight is 378 g/mol. The maximum Gasteiger partial charge on any atom is 0.260 e. The van der Waals surface area contributed by atoms with Gasteiger partial charge in [-0.05, 0) is 43.5 Å². The summed E-state index contributed by atoms with van der Waals surface area (Å²) in [7, 11) is 0. The predicted molar refractivity (Wildman–Crippen MR) is 95.6 cm³/mol. The minimum Gasteiger partial charge on any atom is -0.461 e. The Bertz CT molecular complexity index is 932. The average Bonchev–Trinajstić information content (AvgIpc) is 3.11. The number of furan rings is 1. The van der Waals surface area contributed by atoms with Crippen LogP contribution in [0.15, 0.2) is 46.0 Å². The van der Waals surface area contributed by atoms with Gasteiger partial charge in [0, 0.05) is 5.69 Å². The summed E-state index contributed by atoms with van der Waals surface area (Å²) in [6.45, 7) is 1.71. The summed E-state index contributed by atoms with van der Waals surface area (Å²) in [6, 6.07) is 7.55. The number of carbonyl (C=O) groups excluding carboxylic acids is 1. The van der Waals surface area contributed by atoms with Gasteiger partial charge in [0.15, 0.2) is 11.6 Å². The number of hydrogen-bond acceptors (Lipinski definition) is 5. The van der Waals surface area contributed by atoms with Crippen LogP contribution in [0.4, 0.5) is 10.1 Å². The molecule has 1 aromatic carbocycles. The van der Waals surface area contributed by atoms with Crippen LogP contribution >= 0.6 is 23.4 Å². The fraction of sp³-hybridized carbons (Fsp3) is 0.118. The minimum absolute atomic E-state index is 0.00915. The Kier molecular flexibility index (Phi) is 5.06. The third-order valence-electron chi connectivity index (χ3n) is 3.40. The maximum atomic E-state index is 13.5. The number of nitrogens with zero attached hydrogens (tertiary/aromatic N) is 2. The van der Waals surface area contributed by atoms with Gasteiger partial charge in [0.25, 0.3) is 5.91 Å². The van der Waals surface area contributed by atoms with Crippen LogP contribution < -0.4 is 5.32 Å². The van der Waals surface area contributed by atoms with Gasteiger partial charge in [-0.25, -0.2) is 14.4 Å². The van der Waals surface area contributed by atoms with Crippen molar-refractivity contribution in [3.05, 3.63) is 58.7 Å². The molecule has 0 saturated carbocycles. The zero-order valence-electron chi connectivity index (χ0n) is 13.3. The minimum atomic E-state index is -0.606. The molecule has 2 heterocycles. The Morgan fingerprint density at radius 1 is 1.32 bits per heavy atom. The Hall–Kier alpha value is -2.38. The molecule has 3 rings (SSSR count). The van der Waals surface area contributed by atoms with Crippen LogP contribution in [0.1, 0.15) is 16.1 Å². The van der Waals surface area contributed by atoms with E-state index in [4.69, 9.17) is 16.0 Å². The van der Waals surface area contributed by atoms with Crippen LogP contribution in [-0.4, -0.2) is 22.1 Å². The Labute approximate surface area is 152 Å². The largest absolute Gasteiger partial charge is 0.461 e. The number of aryl methyl sites for hydroxylation is 1. The number of aromatic nitrogens is 2. The summed E-state index contributed by atoms with van der Waals surface area (Å²) in [5, 5.41) is 3.14. The van der Waals surface area contributed by atoms with Crippen molar-refractivity contribution in [1.29, 1.82) is 0 Å². The zero-order valence-corrected chi connectivity index (χ0v) is 14.9. The second-order valence-corrected chi connectivity index (χ2v) is 6.28. The molecular formula is C17H13ClFN3O2S. The second-order valence-electron chi connectivity index (χ2n) is 5.08. The highest BCUT2D eigenvalue weighted by Crippen LogP contribution is 2.26. The molecule has 5 nitrogen and oxygen atoms in total. The fourth-order valence-corrected chi connectivity index (χ4v) is 2.98. The van der Waals surface area contributed by atoms with Gasteiger partial charge in [-0.3, -0.25) is 4.79 Å². The third kappa shape index (κ3) is 3.67. The predicted octanol–water partition coefficient (Wildman–Crippen LogP) is 4.81. The van der Waals surface area contributed by atoms with Crippen molar-refractivity contribution in [2.45, 2.75) is 11.9 Å². The fourth-order valence-electron chi connectivity index (χ4n) is 2.24. The molecule has 3 aromatic rings. The maximum absolute atomic E-state index is 13.5. The van der Waals surface area contributed by atoms with Gasteiger partial charge in [0.1, 0.15) is 10.8 Å². The zero-order chi connectivity index (χ0) is 18.0. The summed E-state index contributed by atoms with van der Waals surface area (Å²) < 4.78 is 18.8. The van der Waals surface area contributed by atoms with E-state index in [0.717, 1.165) is 6.07 Å². The van der Waals surface area contributed by atoms with Crippen LogP contribution in [0.25, 0.3) is 11.6 Å². The molecule has 0 unspecified atom stereocenters. The van der Waals surface area contributed by atoms with Crippen LogP contribution in [-0.2, 0) is 0 Å². The molecule has 8 heteroatoms. The molecule has 2 aromatic heterocycles. The van der Waals surface area contributed by atoms with Crippen molar-refractivity contribution >= 4 is 35.0 Å². The lowest BCUT2D eigenvalue weighted by molar-refractivity contribution is 0.102.